The molecule has 0 bridgehead atoms. The van der Waals surface area contributed by atoms with Crippen molar-refractivity contribution in [1.82, 2.24) is 4.90 Å². The highest BCUT2D eigenvalue weighted by Gasteiger charge is 2.27. The van der Waals surface area contributed by atoms with E-state index in [4.69, 9.17) is 11.6 Å². The number of rotatable bonds is 2. The van der Waals surface area contributed by atoms with Crippen molar-refractivity contribution in [3.8, 4) is 0 Å². The van der Waals surface area contributed by atoms with Gasteiger partial charge in [-0.2, -0.15) is 0 Å². The van der Waals surface area contributed by atoms with Crippen molar-refractivity contribution in [2.24, 2.45) is 0 Å². The highest BCUT2D eigenvalue weighted by Crippen LogP contribution is 2.27. The average molecular weight is 276 g/mol. The largest absolute Gasteiger partial charge is 0.330 e. The predicted octanol–water partition coefficient (Wildman–Crippen LogP) is 3.64. The Kier molecular flexibility index (Phi) is 2.99. The molecule has 3 rings (SSSR count). The number of nitrogens with zero attached hydrogens (tertiary/aromatic N) is 1. The second-order valence-electron chi connectivity index (χ2n) is 4.52. The third-order valence-corrected chi connectivity index (χ3v) is 3.66. The van der Waals surface area contributed by atoms with Gasteiger partial charge < -0.3 is 4.90 Å². The number of fused-ring (bicyclic) bond motifs is 1. The van der Waals surface area contributed by atoms with Gasteiger partial charge in [-0.05, 0) is 23.8 Å². The summed E-state index contributed by atoms with van der Waals surface area (Å²) < 4.78 is 13.7. The Bertz CT molecular complexity index is 636. The van der Waals surface area contributed by atoms with Gasteiger partial charge in [-0.3, -0.25) is 4.79 Å². The zero-order chi connectivity index (χ0) is 13.4. The highest BCUT2D eigenvalue weighted by atomic mass is 35.5. The summed E-state index contributed by atoms with van der Waals surface area (Å²) in [7, 11) is 0. The second kappa shape index (κ2) is 4.67. The van der Waals surface area contributed by atoms with Crippen LogP contribution in [0.5, 0.6) is 0 Å². The van der Waals surface area contributed by atoms with Crippen LogP contribution in [0.1, 0.15) is 21.5 Å². The molecule has 96 valence electrons. The molecule has 0 saturated carbocycles. The molecular weight excluding hydrogens is 265 g/mol. The average Bonchev–Trinajstić information content (AvgIpc) is 2.72. The van der Waals surface area contributed by atoms with Gasteiger partial charge >= 0.3 is 0 Å². The Morgan fingerprint density at radius 2 is 1.95 bits per heavy atom. The van der Waals surface area contributed by atoms with E-state index < -0.39 is 0 Å². The van der Waals surface area contributed by atoms with Crippen LogP contribution in [0.25, 0.3) is 0 Å². The van der Waals surface area contributed by atoms with E-state index in [0.29, 0.717) is 22.7 Å². The van der Waals surface area contributed by atoms with Gasteiger partial charge in [0.25, 0.3) is 5.91 Å². The Hall–Kier alpha value is -1.87. The molecule has 0 aromatic heterocycles. The van der Waals surface area contributed by atoms with Crippen LogP contribution in [-0.2, 0) is 13.1 Å². The molecule has 1 amide bonds. The maximum atomic E-state index is 13.7. The lowest BCUT2D eigenvalue weighted by molar-refractivity contribution is 0.0765. The molecule has 0 N–H and O–H groups in total. The maximum Gasteiger partial charge on any atom is 0.254 e. The van der Waals surface area contributed by atoms with Crippen LogP contribution in [0.4, 0.5) is 4.39 Å². The van der Waals surface area contributed by atoms with E-state index in [1.807, 2.05) is 18.2 Å². The summed E-state index contributed by atoms with van der Waals surface area (Å²) in [5.41, 5.74) is 2.03. The molecule has 2 nitrogen and oxygen atoms in total. The summed E-state index contributed by atoms with van der Waals surface area (Å²) in [6.07, 6.45) is 0. The summed E-state index contributed by atoms with van der Waals surface area (Å²) in [5, 5.41) is 0.351. The first-order chi connectivity index (χ1) is 9.16. The van der Waals surface area contributed by atoms with Crippen LogP contribution in [0.3, 0.4) is 0 Å². The molecule has 1 aliphatic heterocycles. The zero-order valence-corrected chi connectivity index (χ0v) is 10.8. The predicted molar refractivity (Wildman–Crippen MR) is 71.4 cm³/mol. The molecule has 1 heterocycles. The summed E-state index contributed by atoms with van der Waals surface area (Å²) >= 11 is 5.99. The van der Waals surface area contributed by atoms with Crippen molar-refractivity contribution in [3.05, 3.63) is 70.0 Å². The quantitative estimate of drug-likeness (QED) is 0.819. The lowest BCUT2D eigenvalue weighted by atomic mass is 10.1. The summed E-state index contributed by atoms with van der Waals surface area (Å²) in [6, 6.07) is 12.0. The Labute approximate surface area is 115 Å². The van der Waals surface area contributed by atoms with Crippen molar-refractivity contribution < 1.29 is 9.18 Å². The molecule has 0 unspecified atom stereocenters. The molecule has 0 atom stereocenters. The van der Waals surface area contributed by atoms with Crippen LogP contribution in [0.2, 0.25) is 5.02 Å². The number of amides is 1. The number of carbonyl (C=O) groups is 1. The van der Waals surface area contributed by atoms with Crippen molar-refractivity contribution >= 4 is 17.5 Å². The minimum absolute atomic E-state index is 0.0741. The standard InChI is InChI=1S/C15H11ClFNO/c16-13-6-3-7-14(17)12(13)9-18-8-10-4-1-2-5-11(10)15(18)19/h1-7H,8-9H2. The fourth-order valence-electron chi connectivity index (χ4n) is 2.32. The van der Waals surface area contributed by atoms with E-state index in [-0.39, 0.29) is 18.3 Å². The Morgan fingerprint density at radius 3 is 2.68 bits per heavy atom. The highest BCUT2D eigenvalue weighted by molar-refractivity contribution is 6.31. The van der Waals surface area contributed by atoms with E-state index in [2.05, 4.69) is 0 Å². The van der Waals surface area contributed by atoms with Gasteiger partial charge in [-0.25, -0.2) is 4.39 Å². The van der Waals surface area contributed by atoms with E-state index in [9.17, 15) is 9.18 Å². The van der Waals surface area contributed by atoms with Crippen LogP contribution >= 0.6 is 11.6 Å². The molecule has 0 saturated heterocycles. The number of hydrogen-bond acceptors (Lipinski definition) is 1. The fraction of sp³-hybridized carbons (Fsp3) is 0.133. The van der Waals surface area contributed by atoms with E-state index in [1.54, 1.807) is 23.1 Å². The van der Waals surface area contributed by atoms with Crippen LogP contribution < -0.4 is 0 Å². The third kappa shape index (κ3) is 2.10. The van der Waals surface area contributed by atoms with Gasteiger partial charge in [0.1, 0.15) is 5.82 Å². The van der Waals surface area contributed by atoms with Crippen LogP contribution in [0, 0.1) is 5.82 Å². The molecule has 4 heteroatoms. The van der Waals surface area contributed by atoms with Crippen molar-refractivity contribution in [3.63, 3.8) is 0 Å². The number of benzene rings is 2. The first-order valence-corrected chi connectivity index (χ1v) is 6.34. The van der Waals surface area contributed by atoms with Crippen LogP contribution in [0.15, 0.2) is 42.5 Å². The molecule has 2 aromatic carbocycles. The minimum atomic E-state index is -0.378. The van der Waals surface area contributed by atoms with Crippen molar-refractivity contribution in [2.75, 3.05) is 0 Å². The lowest BCUT2D eigenvalue weighted by Gasteiger charge is -2.17. The van der Waals surface area contributed by atoms with E-state index in [1.165, 1.54) is 6.07 Å². The maximum absolute atomic E-state index is 13.7. The van der Waals surface area contributed by atoms with E-state index >= 15 is 0 Å². The smallest absolute Gasteiger partial charge is 0.254 e. The minimum Gasteiger partial charge on any atom is -0.330 e. The van der Waals surface area contributed by atoms with Crippen molar-refractivity contribution in [2.45, 2.75) is 13.1 Å². The molecular formula is C15H11ClFNO. The number of halogens is 2. The van der Waals surface area contributed by atoms with Gasteiger partial charge in [-0.15, -0.1) is 0 Å². The van der Waals surface area contributed by atoms with Gasteiger partial charge in [0.05, 0.1) is 6.54 Å². The molecule has 0 fully saturated rings. The Morgan fingerprint density at radius 1 is 1.16 bits per heavy atom. The monoisotopic (exact) mass is 275 g/mol. The zero-order valence-electron chi connectivity index (χ0n) is 10.1. The van der Waals surface area contributed by atoms with Gasteiger partial charge in [0.2, 0.25) is 0 Å². The molecule has 0 radical (unpaired) electrons. The van der Waals surface area contributed by atoms with Crippen molar-refractivity contribution in [1.29, 1.82) is 0 Å². The van der Waals surface area contributed by atoms with E-state index in [0.717, 1.165) is 5.56 Å². The van der Waals surface area contributed by atoms with Crippen LogP contribution in [-0.4, -0.2) is 10.8 Å². The Balaban J connectivity index is 1.89. The molecule has 0 spiro atoms. The number of hydrogen-bond donors (Lipinski definition) is 0. The summed E-state index contributed by atoms with van der Waals surface area (Å²) in [6.45, 7) is 0.693. The van der Waals surface area contributed by atoms with Gasteiger partial charge in [0, 0.05) is 22.7 Å². The topological polar surface area (TPSA) is 20.3 Å². The molecule has 0 aliphatic carbocycles. The lowest BCUT2D eigenvalue weighted by Crippen LogP contribution is -2.24. The normalized spacial score (nSPS) is 13.8. The van der Waals surface area contributed by atoms with Gasteiger partial charge in [0.15, 0.2) is 0 Å². The molecule has 2 aromatic rings. The number of carbonyl (C=O) groups excluding carboxylic acids is 1. The fourth-order valence-corrected chi connectivity index (χ4v) is 2.54. The first-order valence-electron chi connectivity index (χ1n) is 5.97. The summed E-state index contributed by atoms with van der Waals surface area (Å²) in [5.74, 6) is -0.453. The molecule has 19 heavy (non-hydrogen) atoms. The third-order valence-electron chi connectivity index (χ3n) is 3.31. The van der Waals surface area contributed by atoms with Gasteiger partial charge in [-0.1, -0.05) is 35.9 Å². The SMILES string of the molecule is O=C1c2ccccc2CN1Cc1c(F)cccc1Cl. The first kappa shape index (κ1) is 12.2. The second-order valence-corrected chi connectivity index (χ2v) is 4.93. The molecule has 1 aliphatic rings. The summed E-state index contributed by atoms with van der Waals surface area (Å²) in [4.78, 5) is 13.8.